The Labute approximate surface area is 167 Å². The number of carbonyl (C=O) groups is 1. The molecule has 154 valence electrons. The molecule has 1 amide bonds. The predicted molar refractivity (Wildman–Crippen MR) is 107 cm³/mol. The molecule has 1 unspecified atom stereocenters. The monoisotopic (exact) mass is 388 g/mol. The van der Waals surface area contributed by atoms with E-state index in [0.29, 0.717) is 17.7 Å². The van der Waals surface area contributed by atoms with E-state index >= 15 is 0 Å². The third-order valence-corrected chi connectivity index (χ3v) is 6.07. The van der Waals surface area contributed by atoms with Crippen LogP contribution >= 0.6 is 0 Å². The Morgan fingerprint density at radius 1 is 1.29 bits per heavy atom. The molecule has 0 bridgehead atoms. The Bertz CT molecular complexity index is 692. The minimum absolute atomic E-state index is 0.0263. The van der Waals surface area contributed by atoms with Crippen molar-refractivity contribution in [2.75, 3.05) is 39.5 Å². The first kappa shape index (κ1) is 19.5. The van der Waals surface area contributed by atoms with Crippen LogP contribution in [0.5, 0.6) is 11.5 Å². The van der Waals surface area contributed by atoms with Crippen molar-refractivity contribution in [1.82, 2.24) is 10.2 Å². The zero-order valence-corrected chi connectivity index (χ0v) is 17.0. The molecule has 2 fully saturated rings. The third-order valence-electron chi connectivity index (χ3n) is 6.07. The van der Waals surface area contributed by atoms with Crippen LogP contribution in [0.25, 0.3) is 0 Å². The van der Waals surface area contributed by atoms with Crippen LogP contribution in [0.2, 0.25) is 0 Å². The van der Waals surface area contributed by atoms with Crippen molar-refractivity contribution in [3.63, 3.8) is 0 Å². The Morgan fingerprint density at radius 2 is 2.11 bits per heavy atom. The van der Waals surface area contributed by atoms with Crippen LogP contribution < -0.4 is 14.8 Å². The zero-order chi connectivity index (χ0) is 19.6. The summed E-state index contributed by atoms with van der Waals surface area (Å²) in [6.45, 7) is 8.87. The maximum atomic E-state index is 12.3. The number of hydrogen-bond donors (Lipinski definition) is 1. The van der Waals surface area contributed by atoms with E-state index in [9.17, 15) is 4.79 Å². The average molecular weight is 389 g/mol. The van der Waals surface area contributed by atoms with Gasteiger partial charge in [0.2, 0.25) is 0 Å². The van der Waals surface area contributed by atoms with E-state index in [1.165, 1.54) is 0 Å². The highest BCUT2D eigenvalue weighted by Gasteiger charge is 2.32. The van der Waals surface area contributed by atoms with Crippen LogP contribution in [0.3, 0.4) is 0 Å². The van der Waals surface area contributed by atoms with Crippen molar-refractivity contribution in [3.8, 4) is 11.5 Å². The number of rotatable bonds is 6. The van der Waals surface area contributed by atoms with Crippen molar-refractivity contribution in [1.29, 1.82) is 0 Å². The molecule has 3 heterocycles. The SMILES string of the molecule is CC1(C)Cc2cccc(OCC(=O)NCC3CCN(C4CCOC4)CC3)c2O1. The standard InChI is InChI=1S/C22H32N2O4/c1-22(2)12-17-4-3-5-19(21(17)28-22)27-15-20(25)23-13-16-6-9-24(10-7-16)18-8-11-26-14-18/h3-5,16,18H,6-15H2,1-2H3,(H,23,25). The number of para-hydroxylation sites is 1. The molecule has 6 nitrogen and oxygen atoms in total. The second-order valence-corrected chi connectivity index (χ2v) is 8.87. The lowest BCUT2D eigenvalue weighted by atomic mass is 9.95. The fraction of sp³-hybridized carbons (Fsp3) is 0.682. The van der Waals surface area contributed by atoms with Crippen molar-refractivity contribution in [3.05, 3.63) is 23.8 Å². The third kappa shape index (κ3) is 4.61. The van der Waals surface area contributed by atoms with Gasteiger partial charge in [-0.15, -0.1) is 0 Å². The molecule has 1 atom stereocenters. The van der Waals surface area contributed by atoms with Crippen LogP contribution in [0.4, 0.5) is 0 Å². The van der Waals surface area contributed by atoms with Gasteiger partial charge in [-0.3, -0.25) is 9.69 Å². The molecule has 0 aromatic heterocycles. The van der Waals surface area contributed by atoms with E-state index in [4.69, 9.17) is 14.2 Å². The fourth-order valence-electron chi connectivity index (χ4n) is 4.49. The summed E-state index contributed by atoms with van der Waals surface area (Å²) in [5.41, 5.74) is 0.922. The van der Waals surface area contributed by atoms with Gasteiger partial charge in [0, 0.05) is 31.2 Å². The highest BCUT2D eigenvalue weighted by Crippen LogP contribution is 2.41. The molecule has 28 heavy (non-hydrogen) atoms. The molecule has 0 saturated carbocycles. The first-order valence-corrected chi connectivity index (χ1v) is 10.5. The molecular formula is C22H32N2O4. The maximum Gasteiger partial charge on any atom is 0.257 e. The molecule has 6 heteroatoms. The fourth-order valence-corrected chi connectivity index (χ4v) is 4.49. The maximum absolute atomic E-state index is 12.3. The van der Waals surface area contributed by atoms with E-state index in [1.807, 2.05) is 12.1 Å². The van der Waals surface area contributed by atoms with Gasteiger partial charge in [0.25, 0.3) is 5.91 Å². The molecule has 1 aromatic rings. The number of nitrogens with one attached hydrogen (secondary N) is 1. The lowest BCUT2D eigenvalue weighted by molar-refractivity contribution is -0.123. The van der Waals surface area contributed by atoms with Gasteiger partial charge in [0.15, 0.2) is 18.1 Å². The van der Waals surface area contributed by atoms with Gasteiger partial charge in [0.05, 0.1) is 6.61 Å². The van der Waals surface area contributed by atoms with Gasteiger partial charge in [-0.1, -0.05) is 12.1 Å². The highest BCUT2D eigenvalue weighted by molar-refractivity contribution is 5.77. The first-order valence-electron chi connectivity index (χ1n) is 10.5. The summed E-state index contributed by atoms with van der Waals surface area (Å²) in [6, 6.07) is 6.49. The van der Waals surface area contributed by atoms with Crippen molar-refractivity contribution >= 4 is 5.91 Å². The number of amides is 1. The molecule has 1 N–H and O–H groups in total. The molecule has 0 aliphatic carbocycles. The summed E-state index contributed by atoms with van der Waals surface area (Å²) in [5.74, 6) is 1.92. The zero-order valence-electron chi connectivity index (χ0n) is 17.0. The number of nitrogens with zero attached hydrogens (tertiary/aromatic N) is 1. The van der Waals surface area contributed by atoms with E-state index in [2.05, 4.69) is 30.1 Å². The second-order valence-electron chi connectivity index (χ2n) is 8.87. The molecular weight excluding hydrogens is 356 g/mol. The summed E-state index contributed by atoms with van der Waals surface area (Å²) < 4.78 is 17.3. The molecule has 0 radical (unpaired) electrons. The largest absolute Gasteiger partial charge is 0.483 e. The average Bonchev–Trinajstić information content (AvgIpc) is 3.31. The van der Waals surface area contributed by atoms with Crippen LogP contribution in [0.1, 0.15) is 38.7 Å². The normalized spacial score (nSPS) is 24.6. The Hall–Kier alpha value is -1.79. The van der Waals surface area contributed by atoms with Gasteiger partial charge in [-0.25, -0.2) is 0 Å². The van der Waals surface area contributed by atoms with Gasteiger partial charge in [0.1, 0.15) is 5.60 Å². The van der Waals surface area contributed by atoms with Crippen LogP contribution in [-0.2, 0) is 16.0 Å². The van der Waals surface area contributed by atoms with Crippen molar-refractivity contribution in [2.24, 2.45) is 5.92 Å². The van der Waals surface area contributed by atoms with Crippen LogP contribution in [-0.4, -0.2) is 61.9 Å². The number of hydrogen-bond acceptors (Lipinski definition) is 5. The van der Waals surface area contributed by atoms with Gasteiger partial charge in [-0.05, 0) is 58.2 Å². The number of ether oxygens (including phenoxy) is 3. The molecule has 2 saturated heterocycles. The van der Waals surface area contributed by atoms with Gasteiger partial charge < -0.3 is 19.5 Å². The number of piperidine rings is 1. The number of carbonyl (C=O) groups excluding carboxylic acids is 1. The Balaban J connectivity index is 1.19. The lowest BCUT2D eigenvalue weighted by Crippen LogP contribution is -2.44. The molecule has 4 rings (SSSR count). The van der Waals surface area contributed by atoms with E-state index in [-0.39, 0.29) is 18.1 Å². The van der Waals surface area contributed by atoms with Crippen molar-refractivity contribution in [2.45, 2.75) is 51.2 Å². The predicted octanol–water partition coefficient (Wildman–Crippen LogP) is 2.40. The summed E-state index contributed by atoms with van der Waals surface area (Å²) in [6.07, 6.45) is 4.28. The van der Waals surface area contributed by atoms with Gasteiger partial charge >= 0.3 is 0 Å². The summed E-state index contributed by atoms with van der Waals surface area (Å²) >= 11 is 0. The molecule has 0 spiro atoms. The summed E-state index contributed by atoms with van der Waals surface area (Å²) in [4.78, 5) is 14.8. The van der Waals surface area contributed by atoms with E-state index in [0.717, 1.165) is 69.8 Å². The minimum atomic E-state index is -0.219. The highest BCUT2D eigenvalue weighted by atomic mass is 16.5. The summed E-state index contributed by atoms with van der Waals surface area (Å²) in [7, 11) is 0. The molecule has 3 aliphatic rings. The quantitative estimate of drug-likeness (QED) is 0.811. The van der Waals surface area contributed by atoms with E-state index in [1.54, 1.807) is 0 Å². The number of likely N-dealkylation sites (tertiary alicyclic amines) is 1. The van der Waals surface area contributed by atoms with Crippen molar-refractivity contribution < 1.29 is 19.0 Å². The van der Waals surface area contributed by atoms with Crippen LogP contribution in [0, 0.1) is 5.92 Å². The Morgan fingerprint density at radius 3 is 2.86 bits per heavy atom. The summed E-state index contributed by atoms with van der Waals surface area (Å²) in [5, 5.41) is 3.04. The molecule has 1 aromatic carbocycles. The van der Waals surface area contributed by atoms with Gasteiger partial charge in [-0.2, -0.15) is 0 Å². The Kier molecular flexibility index (Phi) is 5.78. The van der Waals surface area contributed by atoms with E-state index < -0.39 is 0 Å². The topological polar surface area (TPSA) is 60.0 Å². The van der Waals surface area contributed by atoms with Crippen LogP contribution in [0.15, 0.2) is 18.2 Å². The number of fused-ring (bicyclic) bond motifs is 1. The first-order chi connectivity index (χ1) is 13.5. The number of benzene rings is 1. The smallest absolute Gasteiger partial charge is 0.257 e. The lowest BCUT2D eigenvalue weighted by Gasteiger charge is -2.35. The molecule has 3 aliphatic heterocycles. The second kappa shape index (κ2) is 8.29. The minimum Gasteiger partial charge on any atom is -0.483 e.